The van der Waals surface area contributed by atoms with Crippen molar-refractivity contribution in [3.05, 3.63) is 41.1 Å². The maximum Gasteiger partial charge on any atom is 0.341 e. The monoisotopic (exact) mass is 282 g/mol. The normalized spacial score (nSPS) is 15.7. The molecule has 0 amide bonds. The molecule has 0 aromatic carbocycles. The van der Waals surface area contributed by atoms with E-state index < -0.39 is 11.8 Å². The standard InChI is InChI=1S/C15H19FO4/c1-4-19-9-11(2)10-20-14-8-12(16)6-5-7-13(14)15(17)18-3/h5,7-8,11H,4,9-10H2,1-3H3. The summed E-state index contributed by atoms with van der Waals surface area (Å²) in [6.45, 7) is 5.33. The zero-order chi connectivity index (χ0) is 15.0. The van der Waals surface area contributed by atoms with Crippen LogP contribution in [0.25, 0.3) is 0 Å². The van der Waals surface area contributed by atoms with Crippen molar-refractivity contribution in [3.63, 3.8) is 0 Å². The molecule has 0 aromatic rings. The molecule has 0 bridgehead atoms. The van der Waals surface area contributed by atoms with E-state index >= 15 is 0 Å². The fraction of sp³-hybridized carbons (Fsp3) is 0.467. The Morgan fingerprint density at radius 2 is 2.20 bits per heavy atom. The first kappa shape index (κ1) is 16.2. The van der Waals surface area contributed by atoms with Gasteiger partial charge in [0.2, 0.25) is 0 Å². The van der Waals surface area contributed by atoms with Crippen molar-refractivity contribution in [3.8, 4) is 0 Å². The van der Waals surface area contributed by atoms with E-state index in [1.165, 1.54) is 19.3 Å². The number of rotatable bonds is 7. The number of allylic oxidation sites excluding steroid dienone is 3. The summed E-state index contributed by atoms with van der Waals surface area (Å²) in [6.07, 6.45) is 3.86. The minimum absolute atomic E-state index is 0.123. The summed E-state index contributed by atoms with van der Waals surface area (Å²) in [7, 11) is 1.26. The summed E-state index contributed by atoms with van der Waals surface area (Å²) in [5.74, 6) is -0.925. The maximum atomic E-state index is 13.4. The highest BCUT2D eigenvalue weighted by molar-refractivity contribution is 5.93. The number of methoxy groups -OCH3 is 1. The first-order valence-corrected chi connectivity index (χ1v) is 6.41. The average Bonchev–Trinajstić information content (AvgIpc) is 2.63. The Labute approximate surface area is 118 Å². The lowest BCUT2D eigenvalue weighted by molar-refractivity contribution is -0.136. The molecule has 1 unspecified atom stereocenters. The zero-order valence-corrected chi connectivity index (χ0v) is 11.9. The highest BCUT2D eigenvalue weighted by atomic mass is 19.1. The summed E-state index contributed by atoms with van der Waals surface area (Å²) in [5, 5.41) is 0. The second-order valence-corrected chi connectivity index (χ2v) is 4.32. The van der Waals surface area contributed by atoms with Crippen LogP contribution < -0.4 is 0 Å². The van der Waals surface area contributed by atoms with Gasteiger partial charge in [-0.25, -0.2) is 4.79 Å². The van der Waals surface area contributed by atoms with Crippen LogP contribution in [0.4, 0.5) is 4.39 Å². The number of carbonyl (C=O) groups excluding carboxylic acids is 1. The molecule has 110 valence electrons. The molecule has 1 aliphatic rings. The molecular weight excluding hydrogens is 263 g/mol. The molecular formula is C15H19FO4. The molecule has 0 heterocycles. The van der Waals surface area contributed by atoms with Crippen molar-refractivity contribution in [2.24, 2.45) is 5.92 Å². The quantitative estimate of drug-likeness (QED) is 0.532. The van der Waals surface area contributed by atoms with E-state index in [2.05, 4.69) is 10.5 Å². The summed E-state index contributed by atoms with van der Waals surface area (Å²) in [6, 6.07) is 0. The molecule has 1 aliphatic carbocycles. The van der Waals surface area contributed by atoms with Crippen LogP contribution in [0.15, 0.2) is 41.1 Å². The number of ether oxygens (including phenoxy) is 3. The minimum Gasteiger partial charge on any atom is -0.492 e. The molecule has 4 nitrogen and oxygen atoms in total. The van der Waals surface area contributed by atoms with Crippen LogP contribution in [0.3, 0.4) is 0 Å². The predicted octanol–water partition coefficient (Wildman–Crippen LogP) is 2.68. The van der Waals surface area contributed by atoms with E-state index in [0.29, 0.717) is 19.8 Å². The smallest absolute Gasteiger partial charge is 0.341 e. The lowest BCUT2D eigenvalue weighted by Crippen LogP contribution is -2.15. The van der Waals surface area contributed by atoms with E-state index in [-0.39, 0.29) is 17.3 Å². The van der Waals surface area contributed by atoms with E-state index in [9.17, 15) is 9.18 Å². The van der Waals surface area contributed by atoms with Crippen LogP contribution in [0.2, 0.25) is 0 Å². The number of hydrogen-bond donors (Lipinski definition) is 0. The van der Waals surface area contributed by atoms with Gasteiger partial charge in [0.05, 0.1) is 20.3 Å². The van der Waals surface area contributed by atoms with Crippen molar-refractivity contribution in [2.75, 3.05) is 26.9 Å². The van der Waals surface area contributed by atoms with Crippen LogP contribution in [-0.2, 0) is 19.0 Å². The van der Waals surface area contributed by atoms with Gasteiger partial charge in [-0.1, -0.05) is 12.7 Å². The van der Waals surface area contributed by atoms with Crippen molar-refractivity contribution < 1.29 is 23.4 Å². The SMILES string of the molecule is CCOCC(C)COC1=CC(F)=C=CC=C1C(=O)OC. The third-order valence-corrected chi connectivity index (χ3v) is 2.53. The Kier molecular flexibility index (Phi) is 6.77. The summed E-state index contributed by atoms with van der Waals surface area (Å²) >= 11 is 0. The third kappa shape index (κ3) is 5.03. The molecule has 0 spiro atoms. The Balaban J connectivity index is 2.73. The van der Waals surface area contributed by atoms with Crippen LogP contribution in [0.5, 0.6) is 0 Å². The van der Waals surface area contributed by atoms with Gasteiger partial charge in [-0.3, -0.25) is 0 Å². The van der Waals surface area contributed by atoms with Crippen LogP contribution in [-0.4, -0.2) is 32.9 Å². The molecule has 5 heteroatoms. The molecule has 0 N–H and O–H groups in total. The van der Waals surface area contributed by atoms with Gasteiger partial charge in [0, 0.05) is 18.6 Å². The zero-order valence-electron chi connectivity index (χ0n) is 11.9. The topological polar surface area (TPSA) is 44.8 Å². The van der Waals surface area contributed by atoms with E-state index in [4.69, 9.17) is 9.47 Å². The molecule has 0 radical (unpaired) electrons. The van der Waals surface area contributed by atoms with Crippen LogP contribution in [0, 0.1) is 5.92 Å². The molecule has 0 aliphatic heterocycles. The second-order valence-electron chi connectivity index (χ2n) is 4.32. The first-order valence-electron chi connectivity index (χ1n) is 6.41. The molecule has 1 rings (SSSR count). The van der Waals surface area contributed by atoms with Crippen molar-refractivity contribution in [1.29, 1.82) is 0 Å². The molecule has 0 saturated carbocycles. The van der Waals surface area contributed by atoms with Gasteiger partial charge < -0.3 is 14.2 Å². The molecule has 20 heavy (non-hydrogen) atoms. The summed E-state index contributed by atoms with van der Waals surface area (Å²) in [4.78, 5) is 11.6. The largest absolute Gasteiger partial charge is 0.492 e. The maximum absolute atomic E-state index is 13.4. The number of halogens is 1. The second kappa shape index (κ2) is 8.35. The third-order valence-electron chi connectivity index (χ3n) is 2.53. The number of hydrogen-bond acceptors (Lipinski definition) is 4. The average molecular weight is 282 g/mol. The first-order chi connectivity index (χ1) is 9.58. The van der Waals surface area contributed by atoms with Gasteiger partial charge in [-0.2, -0.15) is 4.39 Å². The van der Waals surface area contributed by atoms with Gasteiger partial charge in [0.25, 0.3) is 0 Å². The summed E-state index contributed by atoms with van der Waals surface area (Å²) in [5.41, 5.74) is 2.53. The number of carbonyl (C=O) groups is 1. The van der Waals surface area contributed by atoms with Gasteiger partial charge in [0.15, 0.2) is 5.83 Å². The van der Waals surface area contributed by atoms with Crippen LogP contribution >= 0.6 is 0 Å². The van der Waals surface area contributed by atoms with E-state index in [1.807, 2.05) is 13.8 Å². The Morgan fingerprint density at radius 1 is 1.45 bits per heavy atom. The van der Waals surface area contributed by atoms with Crippen LogP contribution in [0.1, 0.15) is 13.8 Å². The van der Waals surface area contributed by atoms with Gasteiger partial charge >= 0.3 is 5.97 Å². The van der Waals surface area contributed by atoms with Gasteiger partial charge in [-0.15, -0.1) is 0 Å². The number of esters is 1. The minimum atomic E-state index is -0.604. The fourth-order valence-corrected chi connectivity index (χ4v) is 1.52. The van der Waals surface area contributed by atoms with Gasteiger partial charge in [0.1, 0.15) is 11.3 Å². The Morgan fingerprint density at radius 3 is 2.85 bits per heavy atom. The Hall–Kier alpha value is -1.84. The van der Waals surface area contributed by atoms with E-state index in [0.717, 1.165) is 6.08 Å². The fourth-order valence-electron chi connectivity index (χ4n) is 1.52. The molecule has 0 aromatic heterocycles. The van der Waals surface area contributed by atoms with Gasteiger partial charge in [-0.05, 0) is 19.1 Å². The van der Waals surface area contributed by atoms with Crippen molar-refractivity contribution in [2.45, 2.75) is 13.8 Å². The summed E-state index contributed by atoms with van der Waals surface area (Å²) < 4.78 is 28.8. The lowest BCUT2D eigenvalue weighted by atomic mass is 10.2. The van der Waals surface area contributed by atoms with Crippen molar-refractivity contribution in [1.82, 2.24) is 0 Å². The molecule has 0 fully saturated rings. The molecule has 0 saturated heterocycles. The highest BCUT2D eigenvalue weighted by Crippen LogP contribution is 2.20. The highest BCUT2D eigenvalue weighted by Gasteiger charge is 2.19. The molecule has 1 atom stereocenters. The van der Waals surface area contributed by atoms with Crippen molar-refractivity contribution >= 4 is 5.97 Å². The Bertz CT molecular complexity index is 470. The predicted molar refractivity (Wildman–Crippen MR) is 72.5 cm³/mol. The lowest BCUT2D eigenvalue weighted by Gasteiger charge is -2.16. The van der Waals surface area contributed by atoms with E-state index in [1.54, 1.807) is 0 Å².